The van der Waals surface area contributed by atoms with Crippen molar-refractivity contribution in [1.29, 1.82) is 0 Å². The molecule has 0 aromatic rings. The fourth-order valence-corrected chi connectivity index (χ4v) is 2.61. The van der Waals surface area contributed by atoms with Crippen LogP contribution in [0.25, 0.3) is 0 Å². The first-order chi connectivity index (χ1) is 7.84. The van der Waals surface area contributed by atoms with Crippen LogP contribution in [0.3, 0.4) is 0 Å². The Hall–Kier alpha value is -0.0800. The topological polar surface area (TPSA) is 35.2 Å². The lowest BCUT2D eigenvalue weighted by atomic mass is 9.96. The maximum atomic E-state index is 6.22. The number of ether oxygens (including phenoxy) is 1. The Kier molecular flexibility index (Phi) is 7.87. The second-order valence-electron chi connectivity index (χ2n) is 5.06. The zero-order valence-electron chi connectivity index (χ0n) is 10.9. The highest BCUT2D eigenvalue weighted by Gasteiger charge is 2.17. The van der Waals surface area contributed by atoms with E-state index in [1.54, 1.807) is 0 Å². The molecule has 2 N–H and O–H groups in total. The van der Waals surface area contributed by atoms with Gasteiger partial charge in [-0.05, 0) is 19.8 Å². The van der Waals surface area contributed by atoms with Crippen LogP contribution in [0.15, 0.2) is 0 Å². The molecule has 2 unspecified atom stereocenters. The van der Waals surface area contributed by atoms with Crippen LogP contribution < -0.4 is 5.73 Å². The summed E-state index contributed by atoms with van der Waals surface area (Å²) in [6.07, 6.45) is 13.5. The van der Waals surface area contributed by atoms with E-state index in [9.17, 15) is 0 Å². The third-order valence-corrected chi connectivity index (χ3v) is 3.63. The zero-order chi connectivity index (χ0) is 11.6. The predicted octanol–water partition coefficient (Wildman–Crippen LogP) is 3.63. The van der Waals surface area contributed by atoms with Gasteiger partial charge in [0, 0.05) is 12.6 Å². The first-order valence-corrected chi connectivity index (χ1v) is 7.21. The molecule has 2 atom stereocenters. The van der Waals surface area contributed by atoms with Gasteiger partial charge < -0.3 is 10.5 Å². The van der Waals surface area contributed by atoms with Gasteiger partial charge >= 0.3 is 0 Å². The van der Waals surface area contributed by atoms with E-state index in [1.165, 1.54) is 51.4 Å². The highest BCUT2D eigenvalue weighted by atomic mass is 16.5. The lowest BCUT2D eigenvalue weighted by Gasteiger charge is -2.24. The molecule has 2 nitrogen and oxygen atoms in total. The van der Waals surface area contributed by atoms with E-state index in [0.717, 1.165) is 19.4 Å². The summed E-state index contributed by atoms with van der Waals surface area (Å²) in [5.74, 6) is 0. The van der Waals surface area contributed by atoms with E-state index in [4.69, 9.17) is 10.5 Å². The van der Waals surface area contributed by atoms with Crippen molar-refractivity contribution in [1.82, 2.24) is 0 Å². The molecular formula is C14H29NO. The average Bonchev–Trinajstić information content (AvgIpc) is 2.28. The van der Waals surface area contributed by atoms with Crippen molar-refractivity contribution in [2.75, 3.05) is 6.61 Å². The van der Waals surface area contributed by atoms with Crippen LogP contribution in [-0.4, -0.2) is 18.8 Å². The summed E-state index contributed by atoms with van der Waals surface area (Å²) in [7, 11) is 0. The molecule has 2 heteroatoms. The Bertz CT molecular complexity index is 161. The second-order valence-corrected chi connectivity index (χ2v) is 5.06. The molecule has 1 aliphatic carbocycles. The first kappa shape index (κ1) is 14.0. The molecule has 0 spiro atoms. The number of hydrogen-bond acceptors (Lipinski definition) is 2. The molecule has 0 amide bonds. The van der Waals surface area contributed by atoms with Crippen molar-refractivity contribution in [3.8, 4) is 0 Å². The molecule has 1 saturated carbocycles. The smallest absolute Gasteiger partial charge is 0.0725 e. The van der Waals surface area contributed by atoms with Gasteiger partial charge in [-0.3, -0.25) is 0 Å². The molecule has 96 valence electrons. The van der Waals surface area contributed by atoms with Crippen LogP contribution in [0.4, 0.5) is 0 Å². The lowest BCUT2D eigenvalue weighted by molar-refractivity contribution is 0.0337. The Labute approximate surface area is 101 Å². The number of rotatable bonds is 2. The van der Waals surface area contributed by atoms with Crippen molar-refractivity contribution in [3.05, 3.63) is 0 Å². The molecule has 0 bridgehead atoms. The molecule has 1 fully saturated rings. The van der Waals surface area contributed by atoms with E-state index in [-0.39, 0.29) is 6.04 Å². The van der Waals surface area contributed by atoms with Gasteiger partial charge in [0.2, 0.25) is 0 Å². The van der Waals surface area contributed by atoms with Gasteiger partial charge in [-0.2, -0.15) is 0 Å². The highest BCUT2D eigenvalue weighted by molar-refractivity contribution is 4.74. The predicted molar refractivity (Wildman–Crippen MR) is 69.6 cm³/mol. The van der Waals surface area contributed by atoms with Crippen LogP contribution >= 0.6 is 0 Å². The number of hydrogen-bond donors (Lipinski definition) is 1. The van der Waals surface area contributed by atoms with Gasteiger partial charge in [-0.15, -0.1) is 0 Å². The third-order valence-electron chi connectivity index (χ3n) is 3.63. The van der Waals surface area contributed by atoms with Gasteiger partial charge in [-0.1, -0.05) is 51.4 Å². The third kappa shape index (κ3) is 5.86. The molecule has 0 aromatic heterocycles. The van der Waals surface area contributed by atoms with Gasteiger partial charge in [-0.25, -0.2) is 0 Å². The summed E-state index contributed by atoms with van der Waals surface area (Å²) in [5.41, 5.74) is 6.22. The monoisotopic (exact) mass is 227 g/mol. The fourth-order valence-electron chi connectivity index (χ4n) is 2.61. The van der Waals surface area contributed by atoms with Crippen molar-refractivity contribution >= 4 is 0 Å². The lowest BCUT2D eigenvalue weighted by Crippen LogP contribution is -2.36. The maximum absolute atomic E-state index is 6.22. The van der Waals surface area contributed by atoms with Gasteiger partial charge in [0.15, 0.2) is 0 Å². The minimum atomic E-state index is 0.263. The van der Waals surface area contributed by atoms with Crippen molar-refractivity contribution in [2.45, 2.75) is 83.3 Å². The van der Waals surface area contributed by atoms with Gasteiger partial charge in [0.25, 0.3) is 0 Å². The highest BCUT2D eigenvalue weighted by Crippen LogP contribution is 2.18. The average molecular weight is 227 g/mol. The molecule has 0 heterocycles. The van der Waals surface area contributed by atoms with Gasteiger partial charge in [0.1, 0.15) is 0 Å². The Balaban J connectivity index is 2.33. The summed E-state index contributed by atoms with van der Waals surface area (Å²) < 4.78 is 5.77. The summed E-state index contributed by atoms with van der Waals surface area (Å²) >= 11 is 0. The molecule has 0 aliphatic heterocycles. The van der Waals surface area contributed by atoms with E-state index in [1.807, 2.05) is 0 Å². The zero-order valence-corrected chi connectivity index (χ0v) is 10.9. The van der Waals surface area contributed by atoms with Crippen molar-refractivity contribution < 1.29 is 4.74 Å². The minimum Gasteiger partial charge on any atom is -0.377 e. The van der Waals surface area contributed by atoms with E-state index < -0.39 is 0 Å². The van der Waals surface area contributed by atoms with Gasteiger partial charge in [0.05, 0.1) is 6.10 Å². The molecule has 1 aliphatic rings. The minimum absolute atomic E-state index is 0.263. The van der Waals surface area contributed by atoms with E-state index in [2.05, 4.69) is 6.92 Å². The first-order valence-electron chi connectivity index (χ1n) is 7.21. The Morgan fingerprint density at radius 2 is 1.38 bits per heavy atom. The largest absolute Gasteiger partial charge is 0.377 e. The SMILES string of the molecule is CCOC1CCCCCCCCCCC1N. The molecular weight excluding hydrogens is 198 g/mol. The standard InChI is InChI=1S/C14H29NO/c1-2-16-14-12-10-8-6-4-3-5-7-9-11-13(14)15/h13-14H,2-12,15H2,1H3. The molecule has 0 aromatic carbocycles. The Morgan fingerprint density at radius 3 is 1.94 bits per heavy atom. The van der Waals surface area contributed by atoms with Crippen LogP contribution in [0.2, 0.25) is 0 Å². The maximum Gasteiger partial charge on any atom is 0.0725 e. The van der Waals surface area contributed by atoms with E-state index >= 15 is 0 Å². The summed E-state index contributed by atoms with van der Waals surface area (Å²) in [6.45, 7) is 2.88. The molecule has 0 saturated heterocycles. The summed E-state index contributed by atoms with van der Waals surface area (Å²) in [4.78, 5) is 0. The van der Waals surface area contributed by atoms with Crippen LogP contribution in [-0.2, 0) is 4.74 Å². The fraction of sp³-hybridized carbons (Fsp3) is 1.00. The van der Waals surface area contributed by atoms with Crippen molar-refractivity contribution in [2.24, 2.45) is 5.73 Å². The second kappa shape index (κ2) is 9.00. The molecule has 0 radical (unpaired) electrons. The Morgan fingerprint density at radius 1 is 0.875 bits per heavy atom. The summed E-state index contributed by atoms with van der Waals surface area (Å²) in [5, 5.41) is 0. The normalized spacial score (nSPS) is 30.4. The van der Waals surface area contributed by atoms with Crippen molar-refractivity contribution in [3.63, 3.8) is 0 Å². The van der Waals surface area contributed by atoms with Crippen LogP contribution in [0.1, 0.15) is 71.1 Å². The molecule has 16 heavy (non-hydrogen) atoms. The molecule has 1 rings (SSSR count). The van der Waals surface area contributed by atoms with E-state index in [0.29, 0.717) is 6.10 Å². The quantitative estimate of drug-likeness (QED) is 0.782. The summed E-state index contributed by atoms with van der Waals surface area (Å²) in [6, 6.07) is 0.263. The number of nitrogens with two attached hydrogens (primary N) is 1. The van der Waals surface area contributed by atoms with Crippen LogP contribution in [0, 0.1) is 0 Å². The van der Waals surface area contributed by atoms with Crippen LogP contribution in [0.5, 0.6) is 0 Å².